The van der Waals surface area contributed by atoms with E-state index in [1.807, 2.05) is 49.4 Å². The molecule has 0 unspecified atom stereocenters. The van der Waals surface area contributed by atoms with Crippen molar-refractivity contribution < 1.29 is 19.1 Å². The van der Waals surface area contributed by atoms with E-state index >= 15 is 0 Å². The van der Waals surface area contributed by atoms with Crippen molar-refractivity contribution in [3.63, 3.8) is 0 Å². The lowest BCUT2D eigenvalue weighted by Crippen LogP contribution is -2.53. The molecule has 0 bridgehead atoms. The maximum atomic E-state index is 13.1. The number of imide groups is 1. The Kier molecular flexibility index (Phi) is 4.31. The van der Waals surface area contributed by atoms with E-state index < -0.39 is 29.4 Å². The van der Waals surface area contributed by atoms with Crippen molar-refractivity contribution in [2.45, 2.75) is 18.5 Å². The molecular formula is C22H22N2O4. The first-order valence-electron chi connectivity index (χ1n) is 9.22. The molecule has 2 aromatic carbocycles. The fourth-order valence-electron chi connectivity index (χ4n) is 4.69. The highest BCUT2D eigenvalue weighted by Crippen LogP contribution is 2.53. The van der Waals surface area contributed by atoms with Crippen LogP contribution in [0, 0.1) is 18.8 Å². The predicted molar refractivity (Wildman–Crippen MR) is 102 cm³/mol. The lowest BCUT2D eigenvalue weighted by atomic mass is 9.75. The van der Waals surface area contributed by atoms with E-state index in [9.17, 15) is 14.4 Å². The molecule has 6 nitrogen and oxygen atoms in total. The minimum absolute atomic E-state index is 0.280. The molecule has 1 N–H and O–H groups in total. The normalized spacial score (nSPS) is 29.1. The fraction of sp³-hybridized carbons (Fsp3) is 0.318. The van der Waals surface area contributed by atoms with Gasteiger partial charge in [0, 0.05) is 13.1 Å². The predicted octanol–water partition coefficient (Wildman–Crippen LogP) is 1.94. The van der Waals surface area contributed by atoms with Gasteiger partial charge in [0.1, 0.15) is 0 Å². The standard InChI is InChI=1S/C22H22N2O4/c1-13-9-7-8-12-15(13)18-16-17(20(26)24(2)19(16)25)22(23-18,21(27)28-3)14-10-5-4-6-11-14/h4-12,16-18,23H,1-3H3/t16-,17-,18+,22-/m0/s1. The van der Waals surface area contributed by atoms with Crippen LogP contribution in [0.3, 0.4) is 0 Å². The van der Waals surface area contributed by atoms with Gasteiger partial charge >= 0.3 is 5.97 Å². The molecule has 2 aliphatic heterocycles. The Bertz CT molecular complexity index is 958. The monoisotopic (exact) mass is 378 g/mol. The van der Waals surface area contributed by atoms with E-state index in [0.717, 1.165) is 16.0 Å². The molecular weight excluding hydrogens is 356 g/mol. The molecule has 144 valence electrons. The zero-order valence-electron chi connectivity index (χ0n) is 16.0. The number of methoxy groups -OCH3 is 1. The summed E-state index contributed by atoms with van der Waals surface area (Å²) in [6, 6.07) is 16.3. The van der Waals surface area contributed by atoms with Gasteiger partial charge in [0.15, 0.2) is 5.54 Å². The van der Waals surface area contributed by atoms with Gasteiger partial charge in [0.2, 0.25) is 11.8 Å². The highest BCUT2D eigenvalue weighted by Gasteiger charge is 2.69. The minimum atomic E-state index is -1.43. The van der Waals surface area contributed by atoms with Crippen LogP contribution in [0.1, 0.15) is 22.7 Å². The van der Waals surface area contributed by atoms with Gasteiger partial charge in [-0.05, 0) is 23.6 Å². The number of aryl methyl sites for hydroxylation is 1. The van der Waals surface area contributed by atoms with Crippen molar-refractivity contribution in [2.24, 2.45) is 11.8 Å². The molecule has 2 heterocycles. The number of hydrogen-bond donors (Lipinski definition) is 1. The fourth-order valence-corrected chi connectivity index (χ4v) is 4.69. The van der Waals surface area contributed by atoms with Crippen molar-refractivity contribution in [3.05, 3.63) is 71.3 Å². The minimum Gasteiger partial charge on any atom is -0.467 e. The number of carbonyl (C=O) groups is 3. The van der Waals surface area contributed by atoms with Crippen molar-refractivity contribution >= 4 is 17.8 Å². The number of nitrogens with zero attached hydrogens (tertiary/aromatic N) is 1. The molecule has 2 aliphatic rings. The van der Waals surface area contributed by atoms with Crippen LogP contribution in [0.25, 0.3) is 0 Å². The van der Waals surface area contributed by atoms with Gasteiger partial charge in [-0.15, -0.1) is 0 Å². The van der Waals surface area contributed by atoms with Crippen LogP contribution in [0.4, 0.5) is 0 Å². The zero-order chi connectivity index (χ0) is 20.1. The summed E-state index contributed by atoms with van der Waals surface area (Å²) in [7, 11) is 2.78. The average molecular weight is 378 g/mol. The first-order valence-corrected chi connectivity index (χ1v) is 9.22. The second-order valence-electron chi connectivity index (χ2n) is 7.38. The lowest BCUT2D eigenvalue weighted by Gasteiger charge is -2.32. The van der Waals surface area contributed by atoms with Crippen LogP contribution in [0.15, 0.2) is 54.6 Å². The Labute approximate surface area is 163 Å². The van der Waals surface area contributed by atoms with Crippen LogP contribution in [0.5, 0.6) is 0 Å². The molecule has 2 aromatic rings. The molecule has 4 rings (SSSR count). The van der Waals surface area contributed by atoms with Gasteiger partial charge in [-0.1, -0.05) is 54.6 Å². The molecule has 0 aliphatic carbocycles. The van der Waals surface area contributed by atoms with E-state index in [1.54, 1.807) is 12.1 Å². The molecule has 28 heavy (non-hydrogen) atoms. The SMILES string of the molecule is COC(=O)[C@@]1(c2ccccc2)N[C@H](c2ccccc2C)[C@H]2C(=O)N(C)C(=O)[C@H]21. The topological polar surface area (TPSA) is 75.7 Å². The largest absolute Gasteiger partial charge is 0.467 e. The highest BCUT2D eigenvalue weighted by atomic mass is 16.5. The van der Waals surface area contributed by atoms with E-state index in [1.165, 1.54) is 14.2 Å². The van der Waals surface area contributed by atoms with Gasteiger partial charge in [-0.3, -0.25) is 19.8 Å². The molecule has 0 saturated carbocycles. The van der Waals surface area contributed by atoms with Gasteiger partial charge in [0.25, 0.3) is 0 Å². The number of nitrogens with one attached hydrogen (secondary N) is 1. The van der Waals surface area contributed by atoms with E-state index in [-0.39, 0.29) is 11.8 Å². The Morgan fingerprint density at radius 3 is 2.32 bits per heavy atom. The molecule has 2 saturated heterocycles. The number of benzene rings is 2. The third-order valence-corrected chi connectivity index (χ3v) is 6.04. The lowest BCUT2D eigenvalue weighted by molar-refractivity contribution is -0.154. The molecule has 4 atom stereocenters. The van der Waals surface area contributed by atoms with Gasteiger partial charge in [-0.2, -0.15) is 0 Å². The van der Waals surface area contributed by atoms with Crippen LogP contribution in [0.2, 0.25) is 0 Å². The summed E-state index contributed by atoms with van der Waals surface area (Å²) in [6.07, 6.45) is 0. The molecule has 0 aromatic heterocycles. The van der Waals surface area contributed by atoms with Crippen LogP contribution in [-0.2, 0) is 24.7 Å². The third kappa shape index (κ3) is 2.34. The van der Waals surface area contributed by atoms with Gasteiger partial charge in [0.05, 0.1) is 18.9 Å². The third-order valence-electron chi connectivity index (χ3n) is 6.04. The number of hydrogen-bond acceptors (Lipinski definition) is 5. The quantitative estimate of drug-likeness (QED) is 0.653. The molecule has 2 amide bonds. The molecule has 0 spiro atoms. The Morgan fingerprint density at radius 1 is 1.04 bits per heavy atom. The van der Waals surface area contributed by atoms with Gasteiger partial charge < -0.3 is 4.74 Å². The number of ether oxygens (including phenoxy) is 1. The number of fused-ring (bicyclic) bond motifs is 1. The maximum Gasteiger partial charge on any atom is 0.331 e. The summed E-state index contributed by atoms with van der Waals surface area (Å²) >= 11 is 0. The van der Waals surface area contributed by atoms with Crippen LogP contribution in [-0.4, -0.2) is 36.8 Å². The van der Waals surface area contributed by atoms with Crippen LogP contribution < -0.4 is 5.32 Å². The zero-order valence-corrected chi connectivity index (χ0v) is 16.0. The second-order valence-corrected chi connectivity index (χ2v) is 7.38. The van der Waals surface area contributed by atoms with Crippen LogP contribution >= 0.6 is 0 Å². The number of esters is 1. The van der Waals surface area contributed by atoms with E-state index in [4.69, 9.17) is 4.74 Å². The Balaban J connectivity index is 1.97. The molecule has 2 fully saturated rings. The Hall–Kier alpha value is -2.99. The summed E-state index contributed by atoms with van der Waals surface area (Å²) in [5.74, 6) is -2.77. The number of rotatable bonds is 3. The van der Waals surface area contributed by atoms with Crippen molar-refractivity contribution in [1.82, 2.24) is 10.2 Å². The van der Waals surface area contributed by atoms with E-state index in [0.29, 0.717) is 5.56 Å². The summed E-state index contributed by atoms with van der Waals surface area (Å²) in [6.45, 7) is 1.96. The number of amides is 2. The molecule has 6 heteroatoms. The highest BCUT2D eigenvalue weighted by molar-refractivity contribution is 6.09. The number of likely N-dealkylation sites (tertiary alicyclic amines) is 1. The van der Waals surface area contributed by atoms with Crippen molar-refractivity contribution in [3.8, 4) is 0 Å². The summed E-state index contributed by atoms with van der Waals surface area (Å²) in [4.78, 5) is 40.4. The first-order chi connectivity index (χ1) is 13.4. The second kappa shape index (κ2) is 6.56. The van der Waals surface area contributed by atoms with Crippen molar-refractivity contribution in [2.75, 3.05) is 14.2 Å². The molecule has 0 radical (unpaired) electrons. The Morgan fingerprint density at radius 2 is 1.68 bits per heavy atom. The summed E-state index contributed by atoms with van der Waals surface area (Å²) < 4.78 is 5.15. The number of carbonyl (C=O) groups excluding carboxylic acids is 3. The summed E-state index contributed by atoms with van der Waals surface area (Å²) in [5, 5.41) is 3.37. The van der Waals surface area contributed by atoms with Gasteiger partial charge in [-0.25, -0.2) is 4.79 Å². The summed E-state index contributed by atoms with van der Waals surface area (Å²) in [5.41, 5.74) is 1.08. The van der Waals surface area contributed by atoms with E-state index in [2.05, 4.69) is 5.32 Å². The van der Waals surface area contributed by atoms with Crippen molar-refractivity contribution in [1.29, 1.82) is 0 Å². The average Bonchev–Trinajstić information content (AvgIpc) is 3.19. The smallest absolute Gasteiger partial charge is 0.331 e. The maximum absolute atomic E-state index is 13.1. The first kappa shape index (κ1) is 18.4.